The number of aryl methyl sites for hydroxylation is 2. The minimum absolute atomic E-state index is 0.00151. The normalized spacial score (nSPS) is 10.5. The number of para-hydroxylation sites is 2. The lowest BCUT2D eigenvalue weighted by molar-refractivity contribution is 0.102. The van der Waals surface area contributed by atoms with E-state index >= 15 is 0 Å². The second-order valence-corrected chi connectivity index (χ2v) is 5.87. The van der Waals surface area contributed by atoms with Gasteiger partial charge in [-0.25, -0.2) is 18.7 Å². The average Bonchev–Trinajstić information content (AvgIpc) is 2.64. The van der Waals surface area contributed by atoms with Gasteiger partial charge in [-0.15, -0.1) is 0 Å². The predicted octanol–water partition coefficient (Wildman–Crippen LogP) is 4.62. The Morgan fingerprint density at radius 2 is 1.74 bits per heavy atom. The largest absolute Gasteiger partial charge is 0.340 e. The SMILES string of the molecule is CCc1ccccc1Nc1cc(C(=O)Nc2c(F)cccc2F)nc(C)n1. The van der Waals surface area contributed by atoms with E-state index in [0.29, 0.717) is 11.6 Å². The van der Waals surface area contributed by atoms with E-state index in [1.807, 2.05) is 31.2 Å². The smallest absolute Gasteiger partial charge is 0.274 e. The van der Waals surface area contributed by atoms with Crippen molar-refractivity contribution in [2.24, 2.45) is 0 Å². The number of nitrogens with zero attached hydrogens (tertiary/aromatic N) is 2. The Balaban J connectivity index is 1.88. The number of anilines is 3. The standard InChI is InChI=1S/C20H18F2N4O/c1-3-13-7-4-5-10-16(13)25-18-11-17(23-12(2)24-18)20(27)26-19-14(21)8-6-9-15(19)22/h4-11H,3H2,1-2H3,(H,26,27)(H,23,24,25). The van der Waals surface area contributed by atoms with E-state index in [1.54, 1.807) is 6.92 Å². The molecule has 0 aliphatic heterocycles. The molecule has 1 amide bonds. The molecule has 0 fully saturated rings. The molecule has 0 atom stereocenters. The molecule has 1 heterocycles. The quantitative estimate of drug-likeness (QED) is 0.689. The summed E-state index contributed by atoms with van der Waals surface area (Å²) >= 11 is 0. The Bertz CT molecular complexity index is 971. The molecular formula is C20H18F2N4O. The van der Waals surface area contributed by atoms with E-state index in [-0.39, 0.29) is 5.69 Å². The number of nitrogens with one attached hydrogen (secondary N) is 2. The van der Waals surface area contributed by atoms with Crippen molar-refractivity contribution in [3.8, 4) is 0 Å². The molecule has 138 valence electrons. The van der Waals surface area contributed by atoms with E-state index in [4.69, 9.17) is 0 Å². The van der Waals surface area contributed by atoms with Crippen molar-refractivity contribution in [1.29, 1.82) is 0 Å². The van der Waals surface area contributed by atoms with Crippen molar-refractivity contribution < 1.29 is 13.6 Å². The van der Waals surface area contributed by atoms with Gasteiger partial charge in [-0.3, -0.25) is 4.79 Å². The van der Waals surface area contributed by atoms with Gasteiger partial charge in [-0.1, -0.05) is 31.2 Å². The highest BCUT2D eigenvalue weighted by molar-refractivity contribution is 6.03. The van der Waals surface area contributed by atoms with Crippen LogP contribution in [0.5, 0.6) is 0 Å². The molecule has 1 aromatic heterocycles. The van der Waals surface area contributed by atoms with Gasteiger partial charge in [0.15, 0.2) is 0 Å². The van der Waals surface area contributed by atoms with Crippen molar-refractivity contribution in [3.63, 3.8) is 0 Å². The van der Waals surface area contributed by atoms with Gasteiger partial charge < -0.3 is 10.6 Å². The Morgan fingerprint density at radius 3 is 2.44 bits per heavy atom. The molecule has 0 radical (unpaired) electrons. The maximum atomic E-state index is 13.8. The summed E-state index contributed by atoms with van der Waals surface area (Å²) in [6.45, 7) is 3.67. The van der Waals surface area contributed by atoms with Gasteiger partial charge >= 0.3 is 0 Å². The summed E-state index contributed by atoms with van der Waals surface area (Å²) < 4.78 is 27.5. The van der Waals surface area contributed by atoms with Crippen LogP contribution in [0, 0.1) is 18.6 Å². The third kappa shape index (κ3) is 4.25. The monoisotopic (exact) mass is 368 g/mol. The number of amides is 1. The summed E-state index contributed by atoms with van der Waals surface area (Å²) in [5.74, 6) is -1.67. The second kappa shape index (κ2) is 7.90. The van der Waals surface area contributed by atoms with Crippen LogP contribution < -0.4 is 10.6 Å². The summed E-state index contributed by atoms with van der Waals surface area (Å²) in [6.07, 6.45) is 0.827. The molecular weight excluding hydrogens is 350 g/mol. The maximum absolute atomic E-state index is 13.8. The lowest BCUT2D eigenvalue weighted by Crippen LogP contribution is -2.17. The lowest BCUT2D eigenvalue weighted by atomic mass is 10.1. The molecule has 2 N–H and O–H groups in total. The molecule has 0 aliphatic rings. The minimum atomic E-state index is -0.857. The number of benzene rings is 2. The van der Waals surface area contributed by atoms with Gasteiger partial charge in [0.25, 0.3) is 5.91 Å². The van der Waals surface area contributed by atoms with Crippen molar-refractivity contribution in [3.05, 3.63) is 77.2 Å². The molecule has 0 aliphatic carbocycles. The number of hydrogen-bond donors (Lipinski definition) is 2. The Morgan fingerprint density at radius 1 is 1.04 bits per heavy atom. The van der Waals surface area contributed by atoms with Crippen LogP contribution in [0.25, 0.3) is 0 Å². The third-order valence-corrected chi connectivity index (χ3v) is 3.93. The van der Waals surface area contributed by atoms with Crippen LogP contribution in [0.1, 0.15) is 28.8 Å². The Hall–Kier alpha value is -3.35. The Labute approximate surface area is 155 Å². The van der Waals surface area contributed by atoms with Crippen LogP contribution in [0.3, 0.4) is 0 Å². The summed E-state index contributed by atoms with van der Waals surface area (Å²) in [4.78, 5) is 20.8. The van der Waals surface area contributed by atoms with Crippen molar-refractivity contribution in [1.82, 2.24) is 9.97 Å². The highest BCUT2D eigenvalue weighted by Gasteiger charge is 2.16. The molecule has 3 rings (SSSR count). The van der Waals surface area contributed by atoms with Crippen LogP contribution in [-0.2, 0) is 6.42 Å². The summed E-state index contributed by atoms with van der Waals surface area (Å²) in [6, 6.07) is 12.5. The van der Waals surface area contributed by atoms with Crippen molar-refractivity contribution in [2.45, 2.75) is 20.3 Å². The molecule has 0 unspecified atom stereocenters. The van der Waals surface area contributed by atoms with Gasteiger partial charge in [0.05, 0.1) is 0 Å². The first-order valence-corrected chi connectivity index (χ1v) is 8.44. The predicted molar refractivity (Wildman–Crippen MR) is 100 cm³/mol. The first-order valence-electron chi connectivity index (χ1n) is 8.44. The minimum Gasteiger partial charge on any atom is -0.340 e. The van der Waals surface area contributed by atoms with Crippen molar-refractivity contribution in [2.75, 3.05) is 10.6 Å². The summed E-state index contributed by atoms with van der Waals surface area (Å²) in [7, 11) is 0. The Kier molecular flexibility index (Phi) is 5.40. The fourth-order valence-electron chi connectivity index (χ4n) is 2.63. The highest BCUT2D eigenvalue weighted by Crippen LogP contribution is 2.22. The van der Waals surface area contributed by atoms with E-state index in [2.05, 4.69) is 20.6 Å². The molecule has 0 spiro atoms. The van der Waals surface area contributed by atoms with Crippen LogP contribution in [0.15, 0.2) is 48.5 Å². The zero-order valence-corrected chi connectivity index (χ0v) is 14.9. The van der Waals surface area contributed by atoms with Crippen LogP contribution in [0.4, 0.5) is 26.0 Å². The van der Waals surface area contributed by atoms with Crippen LogP contribution in [0.2, 0.25) is 0 Å². The highest BCUT2D eigenvalue weighted by atomic mass is 19.1. The van der Waals surface area contributed by atoms with Gasteiger partial charge in [0, 0.05) is 11.8 Å². The number of aromatic nitrogens is 2. The fourth-order valence-corrected chi connectivity index (χ4v) is 2.63. The number of rotatable bonds is 5. The number of carbonyl (C=O) groups excluding carboxylic acids is 1. The molecule has 7 heteroatoms. The zero-order chi connectivity index (χ0) is 19.4. The maximum Gasteiger partial charge on any atom is 0.274 e. The molecule has 0 bridgehead atoms. The molecule has 5 nitrogen and oxygen atoms in total. The molecule has 27 heavy (non-hydrogen) atoms. The molecule has 0 saturated carbocycles. The van der Waals surface area contributed by atoms with E-state index < -0.39 is 23.2 Å². The number of halogens is 2. The zero-order valence-electron chi connectivity index (χ0n) is 14.9. The average molecular weight is 368 g/mol. The van der Waals surface area contributed by atoms with Gasteiger partial charge in [-0.2, -0.15) is 0 Å². The third-order valence-electron chi connectivity index (χ3n) is 3.93. The first kappa shape index (κ1) is 18.4. The topological polar surface area (TPSA) is 66.9 Å². The first-order chi connectivity index (χ1) is 13.0. The summed E-state index contributed by atoms with van der Waals surface area (Å²) in [5, 5.41) is 5.40. The summed E-state index contributed by atoms with van der Waals surface area (Å²) in [5.41, 5.74) is 1.45. The van der Waals surface area contributed by atoms with Gasteiger partial charge in [-0.05, 0) is 37.1 Å². The molecule has 2 aromatic carbocycles. The van der Waals surface area contributed by atoms with Gasteiger partial charge in [0.2, 0.25) is 0 Å². The van der Waals surface area contributed by atoms with E-state index in [1.165, 1.54) is 12.1 Å². The van der Waals surface area contributed by atoms with E-state index in [0.717, 1.165) is 29.8 Å². The van der Waals surface area contributed by atoms with E-state index in [9.17, 15) is 13.6 Å². The molecule has 3 aromatic rings. The lowest BCUT2D eigenvalue weighted by Gasteiger charge is -2.12. The number of hydrogen-bond acceptors (Lipinski definition) is 4. The van der Waals surface area contributed by atoms with Crippen molar-refractivity contribution >= 4 is 23.1 Å². The molecule has 0 saturated heterocycles. The number of carbonyl (C=O) groups is 1. The van der Waals surface area contributed by atoms with Gasteiger partial charge in [0.1, 0.15) is 34.7 Å². The van der Waals surface area contributed by atoms with Crippen LogP contribution >= 0.6 is 0 Å². The second-order valence-electron chi connectivity index (χ2n) is 5.87. The van der Waals surface area contributed by atoms with Crippen LogP contribution in [-0.4, -0.2) is 15.9 Å². The fraction of sp³-hybridized carbons (Fsp3) is 0.150.